The molecule has 3 rings (SSSR count). The molecular formula is C18H16N2O10S3. The van der Waals surface area contributed by atoms with Crippen molar-refractivity contribution < 1.29 is 43.6 Å². The largest absolute Gasteiger partial charge is 0.505 e. The molecule has 0 saturated carbocycles. The van der Waals surface area contributed by atoms with Crippen LogP contribution in [-0.2, 0) is 34.5 Å². The van der Waals surface area contributed by atoms with Crippen LogP contribution >= 0.6 is 0 Å². The standard InChI is InChI=1S/C18H16N2O10S3/c21-18-15-4-2-1-3-14(15)17(32(24,25)26)11-16(18)20-19-12-5-7-13(8-6-12)31(22,23)10-9-30-33(27,28)29/h1-8,11,21H,9-10H2,(H,24,25,26)(H,27,28,29). The number of hydrogen-bond acceptors (Lipinski definition) is 10. The Morgan fingerprint density at radius 3 is 2.00 bits per heavy atom. The number of phenols is 1. The van der Waals surface area contributed by atoms with Crippen molar-refractivity contribution in [3.05, 3.63) is 54.6 Å². The Hall–Kier alpha value is -2.95. The van der Waals surface area contributed by atoms with Crippen molar-refractivity contribution in [2.75, 3.05) is 12.4 Å². The summed E-state index contributed by atoms with van der Waals surface area (Å²) in [5, 5.41) is 18.3. The molecule has 0 bridgehead atoms. The van der Waals surface area contributed by atoms with E-state index in [1.165, 1.54) is 42.5 Å². The molecule has 15 heteroatoms. The molecule has 3 aromatic carbocycles. The maximum absolute atomic E-state index is 12.2. The van der Waals surface area contributed by atoms with Crippen LogP contribution in [0.25, 0.3) is 10.8 Å². The highest BCUT2D eigenvalue weighted by atomic mass is 32.3. The first kappa shape index (κ1) is 24.7. The van der Waals surface area contributed by atoms with E-state index in [0.29, 0.717) is 0 Å². The second-order valence-electron chi connectivity index (χ2n) is 6.53. The lowest BCUT2D eigenvalue weighted by atomic mass is 10.1. The molecule has 0 saturated heterocycles. The summed E-state index contributed by atoms with van der Waals surface area (Å²) < 4.78 is 90.9. The maximum atomic E-state index is 12.2. The van der Waals surface area contributed by atoms with Crippen LogP contribution in [0.15, 0.2) is 74.6 Å². The number of hydrogen-bond donors (Lipinski definition) is 3. The Morgan fingerprint density at radius 1 is 0.818 bits per heavy atom. The molecule has 3 aromatic rings. The summed E-state index contributed by atoms with van der Waals surface area (Å²) in [7, 11) is -13.3. The van der Waals surface area contributed by atoms with Crippen molar-refractivity contribution >= 4 is 52.5 Å². The van der Waals surface area contributed by atoms with Gasteiger partial charge in [-0.1, -0.05) is 24.3 Å². The number of aromatic hydroxyl groups is 1. The number of nitrogens with zero attached hydrogens (tertiary/aromatic N) is 2. The first-order valence-corrected chi connectivity index (χ1v) is 13.3. The van der Waals surface area contributed by atoms with Gasteiger partial charge in [0, 0.05) is 10.8 Å². The monoisotopic (exact) mass is 516 g/mol. The van der Waals surface area contributed by atoms with Gasteiger partial charge >= 0.3 is 10.4 Å². The molecule has 33 heavy (non-hydrogen) atoms. The smallest absolute Gasteiger partial charge is 0.397 e. The fourth-order valence-electron chi connectivity index (χ4n) is 2.80. The molecule has 0 aliphatic carbocycles. The number of benzene rings is 3. The van der Waals surface area contributed by atoms with Crippen molar-refractivity contribution in [1.82, 2.24) is 0 Å². The van der Waals surface area contributed by atoms with E-state index in [2.05, 4.69) is 14.4 Å². The van der Waals surface area contributed by atoms with Crippen molar-refractivity contribution in [2.24, 2.45) is 10.2 Å². The quantitative estimate of drug-likeness (QED) is 0.295. The van der Waals surface area contributed by atoms with E-state index in [9.17, 15) is 34.9 Å². The highest BCUT2D eigenvalue weighted by Gasteiger charge is 2.20. The summed E-state index contributed by atoms with van der Waals surface area (Å²) in [5.41, 5.74) is -0.107. The third-order valence-corrected chi connectivity index (χ3v) is 7.34. The molecule has 0 aromatic heterocycles. The average Bonchev–Trinajstić information content (AvgIpc) is 2.72. The van der Waals surface area contributed by atoms with Crippen LogP contribution in [-0.4, -0.2) is 51.8 Å². The topological polar surface area (TPSA) is 197 Å². The van der Waals surface area contributed by atoms with Gasteiger partial charge in [-0.25, -0.2) is 12.6 Å². The van der Waals surface area contributed by atoms with Crippen LogP contribution in [0.3, 0.4) is 0 Å². The molecule has 0 fully saturated rings. The van der Waals surface area contributed by atoms with Gasteiger partial charge in [-0.05, 0) is 30.3 Å². The summed E-state index contributed by atoms with van der Waals surface area (Å²) in [6.45, 7) is -0.778. The lowest BCUT2D eigenvalue weighted by Gasteiger charge is -2.08. The second kappa shape index (κ2) is 9.12. The molecule has 0 atom stereocenters. The lowest BCUT2D eigenvalue weighted by Crippen LogP contribution is -2.15. The van der Waals surface area contributed by atoms with Crippen LogP contribution in [0.5, 0.6) is 5.75 Å². The van der Waals surface area contributed by atoms with E-state index >= 15 is 0 Å². The molecule has 0 aliphatic heterocycles. The maximum Gasteiger partial charge on any atom is 0.397 e. The highest BCUT2D eigenvalue weighted by molar-refractivity contribution is 7.91. The molecule has 3 N–H and O–H groups in total. The third-order valence-electron chi connectivity index (χ3n) is 4.29. The van der Waals surface area contributed by atoms with E-state index < -0.39 is 47.6 Å². The van der Waals surface area contributed by atoms with Gasteiger partial charge in [0.2, 0.25) is 0 Å². The Labute approximate surface area is 188 Å². The van der Waals surface area contributed by atoms with Gasteiger partial charge in [-0.15, -0.1) is 5.11 Å². The predicted octanol–water partition coefficient (Wildman–Crippen LogP) is 2.80. The minimum atomic E-state index is -4.76. The number of phenolic OH excluding ortho intramolecular Hbond substituents is 1. The Bertz CT molecular complexity index is 1550. The predicted molar refractivity (Wildman–Crippen MR) is 116 cm³/mol. The fourth-order valence-corrected chi connectivity index (χ4v) is 5.01. The number of fused-ring (bicyclic) bond motifs is 1. The first-order valence-electron chi connectivity index (χ1n) is 8.86. The van der Waals surface area contributed by atoms with Gasteiger partial charge in [0.05, 0.1) is 22.9 Å². The van der Waals surface area contributed by atoms with Crippen LogP contribution in [0.4, 0.5) is 11.4 Å². The molecule has 0 radical (unpaired) electrons. The molecule has 12 nitrogen and oxygen atoms in total. The van der Waals surface area contributed by atoms with Crippen molar-refractivity contribution in [3.8, 4) is 5.75 Å². The molecule has 0 heterocycles. The van der Waals surface area contributed by atoms with Gasteiger partial charge in [-0.3, -0.25) is 9.11 Å². The van der Waals surface area contributed by atoms with Gasteiger partial charge in [0.25, 0.3) is 10.1 Å². The van der Waals surface area contributed by atoms with Gasteiger partial charge in [0.1, 0.15) is 10.6 Å². The van der Waals surface area contributed by atoms with Crippen LogP contribution < -0.4 is 0 Å². The summed E-state index contributed by atoms with van der Waals surface area (Å²) >= 11 is 0. The van der Waals surface area contributed by atoms with E-state index in [1.807, 2.05) is 0 Å². The van der Waals surface area contributed by atoms with Crippen LogP contribution in [0.2, 0.25) is 0 Å². The van der Waals surface area contributed by atoms with Crippen molar-refractivity contribution in [3.63, 3.8) is 0 Å². The second-order valence-corrected chi connectivity index (χ2v) is 11.1. The zero-order valence-electron chi connectivity index (χ0n) is 16.4. The number of rotatable bonds is 8. The van der Waals surface area contributed by atoms with E-state index in [-0.39, 0.29) is 32.8 Å². The molecular weight excluding hydrogens is 500 g/mol. The Morgan fingerprint density at radius 2 is 1.42 bits per heavy atom. The van der Waals surface area contributed by atoms with Crippen LogP contribution in [0, 0.1) is 0 Å². The fraction of sp³-hybridized carbons (Fsp3) is 0.111. The van der Waals surface area contributed by atoms with E-state index in [4.69, 9.17) is 4.55 Å². The first-order chi connectivity index (χ1) is 15.3. The molecule has 0 unspecified atom stereocenters. The summed E-state index contributed by atoms with van der Waals surface area (Å²) in [6, 6.07) is 11.7. The van der Waals surface area contributed by atoms with Crippen LogP contribution in [0.1, 0.15) is 0 Å². The summed E-state index contributed by atoms with van der Waals surface area (Å²) in [6.07, 6.45) is 0. The zero-order chi connectivity index (χ0) is 24.4. The third kappa shape index (κ3) is 6.10. The zero-order valence-corrected chi connectivity index (χ0v) is 18.9. The minimum absolute atomic E-state index is 0.0870. The van der Waals surface area contributed by atoms with Crippen molar-refractivity contribution in [1.29, 1.82) is 0 Å². The Kier molecular flexibility index (Phi) is 6.83. The van der Waals surface area contributed by atoms with E-state index in [0.717, 1.165) is 6.07 Å². The average molecular weight is 517 g/mol. The molecule has 0 aliphatic rings. The van der Waals surface area contributed by atoms with E-state index in [1.54, 1.807) is 6.07 Å². The Balaban J connectivity index is 1.88. The summed E-state index contributed by atoms with van der Waals surface area (Å²) in [5.74, 6) is -1.09. The number of azo groups is 1. The highest BCUT2D eigenvalue weighted by Crippen LogP contribution is 2.39. The molecule has 0 amide bonds. The van der Waals surface area contributed by atoms with Crippen molar-refractivity contribution in [2.45, 2.75) is 9.79 Å². The minimum Gasteiger partial charge on any atom is -0.505 e. The summed E-state index contributed by atoms with van der Waals surface area (Å²) in [4.78, 5) is -0.652. The SMILES string of the molecule is O=S(=O)(O)OCCS(=O)(=O)c1ccc(N=Nc2cc(S(=O)(=O)O)c3ccccc3c2O)cc1. The van der Waals surface area contributed by atoms with Gasteiger partial charge < -0.3 is 5.11 Å². The lowest BCUT2D eigenvalue weighted by molar-refractivity contribution is 0.284. The van der Waals surface area contributed by atoms with Gasteiger partial charge in [0.15, 0.2) is 15.6 Å². The molecule has 0 spiro atoms. The number of sulfone groups is 1. The molecule has 176 valence electrons. The normalized spacial score (nSPS) is 13.0. The van der Waals surface area contributed by atoms with Gasteiger partial charge in [-0.2, -0.15) is 21.9 Å².